The molecule has 1 aromatic carbocycles. The predicted molar refractivity (Wildman–Crippen MR) is 88.6 cm³/mol. The zero-order valence-electron chi connectivity index (χ0n) is 13.2. The van der Waals surface area contributed by atoms with E-state index >= 15 is 0 Å². The summed E-state index contributed by atoms with van der Waals surface area (Å²) in [4.78, 5) is 14.6. The number of halogens is 1. The number of rotatable bonds is 5. The van der Waals surface area contributed by atoms with E-state index in [4.69, 9.17) is 21.1 Å². The van der Waals surface area contributed by atoms with E-state index in [1.54, 1.807) is 0 Å². The van der Waals surface area contributed by atoms with Crippen molar-refractivity contribution < 1.29 is 14.3 Å². The first-order chi connectivity index (χ1) is 11.2. The Morgan fingerprint density at radius 1 is 1.35 bits per heavy atom. The maximum atomic E-state index is 12.2. The van der Waals surface area contributed by atoms with Gasteiger partial charge in [0.1, 0.15) is 6.10 Å². The van der Waals surface area contributed by atoms with Crippen LogP contribution in [0.25, 0.3) is 0 Å². The summed E-state index contributed by atoms with van der Waals surface area (Å²) < 4.78 is 10.9. The van der Waals surface area contributed by atoms with Crippen LogP contribution in [0.5, 0.6) is 0 Å². The summed E-state index contributed by atoms with van der Waals surface area (Å²) in [7, 11) is 0. The lowest BCUT2D eigenvalue weighted by atomic mass is 10.0. The van der Waals surface area contributed by atoms with Gasteiger partial charge in [0.2, 0.25) is 5.91 Å². The van der Waals surface area contributed by atoms with Crippen molar-refractivity contribution in [2.24, 2.45) is 0 Å². The first kappa shape index (κ1) is 16.7. The number of hydrogen-bond acceptors (Lipinski definition) is 4. The molecule has 0 aliphatic carbocycles. The third-order valence-corrected chi connectivity index (χ3v) is 4.65. The Balaban J connectivity index is 1.68. The van der Waals surface area contributed by atoms with Crippen molar-refractivity contribution >= 4 is 17.5 Å². The second-order valence-corrected chi connectivity index (χ2v) is 6.40. The molecule has 126 valence electrons. The Kier molecular flexibility index (Phi) is 5.89. The van der Waals surface area contributed by atoms with Crippen LogP contribution in [0, 0.1) is 0 Å². The summed E-state index contributed by atoms with van der Waals surface area (Å²) in [6.45, 7) is 4.38. The van der Waals surface area contributed by atoms with E-state index in [-0.39, 0.29) is 18.1 Å². The van der Waals surface area contributed by atoms with Gasteiger partial charge in [-0.1, -0.05) is 23.7 Å². The van der Waals surface area contributed by atoms with Crippen molar-refractivity contribution in [3.05, 3.63) is 34.9 Å². The van der Waals surface area contributed by atoms with Crippen molar-refractivity contribution in [1.29, 1.82) is 0 Å². The lowest BCUT2D eigenvalue weighted by Gasteiger charge is -2.35. The van der Waals surface area contributed by atoms with Crippen LogP contribution in [-0.2, 0) is 14.3 Å². The van der Waals surface area contributed by atoms with Gasteiger partial charge in [-0.05, 0) is 30.5 Å². The van der Waals surface area contributed by atoms with Crippen molar-refractivity contribution in [2.75, 3.05) is 39.5 Å². The summed E-state index contributed by atoms with van der Waals surface area (Å²) in [6, 6.07) is 7.95. The van der Waals surface area contributed by atoms with Crippen LogP contribution in [0.3, 0.4) is 0 Å². The normalized spacial score (nSPS) is 23.6. The maximum Gasteiger partial charge on any atom is 0.249 e. The third-order valence-electron chi connectivity index (χ3n) is 4.41. The third kappa shape index (κ3) is 4.44. The molecule has 0 saturated carbocycles. The van der Waals surface area contributed by atoms with Crippen LogP contribution in [0.1, 0.15) is 24.4 Å². The SMILES string of the molecule is O=C(NC[C@@H](c1cccc(Cl)c1)N1CCOCC1)[C@@H]1CCCO1. The lowest BCUT2D eigenvalue weighted by Crippen LogP contribution is -2.45. The molecule has 23 heavy (non-hydrogen) atoms. The molecule has 0 aromatic heterocycles. The molecule has 2 atom stereocenters. The largest absolute Gasteiger partial charge is 0.379 e. The maximum absolute atomic E-state index is 12.2. The standard InChI is InChI=1S/C17H23ClN2O3/c18-14-4-1-3-13(11-14)15(20-6-9-22-10-7-20)12-19-17(21)16-5-2-8-23-16/h1,3-4,11,15-16H,2,5-10,12H2,(H,19,21)/t15-,16-/m0/s1. The minimum absolute atomic E-state index is 0.0113. The summed E-state index contributed by atoms with van der Waals surface area (Å²) in [5.74, 6) is -0.0113. The number of hydrogen-bond donors (Lipinski definition) is 1. The fourth-order valence-electron chi connectivity index (χ4n) is 3.16. The number of morpholine rings is 1. The number of benzene rings is 1. The van der Waals surface area contributed by atoms with Crippen LogP contribution in [0.2, 0.25) is 5.02 Å². The molecule has 5 nitrogen and oxygen atoms in total. The molecule has 1 aromatic rings. The van der Waals surface area contributed by atoms with Gasteiger partial charge < -0.3 is 14.8 Å². The number of amides is 1. The Bertz CT molecular complexity index is 528. The van der Waals surface area contributed by atoms with Gasteiger partial charge in [-0.2, -0.15) is 0 Å². The van der Waals surface area contributed by atoms with E-state index in [0.29, 0.717) is 18.2 Å². The summed E-state index contributed by atoms with van der Waals surface area (Å²) in [5.41, 5.74) is 1.12. The van der Waals surface area contributed by atoms with E-state index in [0.717, 1.165) is 44.7 Å². The van der Waals surface area contributed by atoms with Gasteiger partial charge in [0.15, 0.2) is 0 Å². The van der Waals surface area contributed by atoms with Crippen LogP contribution in [0.15, 0.2) is 24.3 Å². The molecule has 3 rings (SSSR count). The van der Waals surface area contributed by atoms with Gasteiger partial charge in [-0.3, -0.25) is 9.69 Å². The average Bonchev–Trinajstić information content (AvgIpc) is 3.10. The molecule has 2 aliphatic heterocycles. The first-order valence-corrected chi connectivity index (χ1v) is 8.58. The number of carbonyl (C=O) groups is 1. The van der Waals surface area contributed by atoms with Gasteiger partial charge in [-0.25, -0.2) is 0 Å². The fourth-order valence-corrected chi connectivity index (χ4v) is 3.36. The van der Waals surface area contributed by atoms with E-state index < -0.39 is 0 Å². The molecule has 2 fully saturated rings. The molecule has 2 heterocycles. The topological polar surface area (TPSA) is 50.8 Å². The summed E-state index contributed by atoms with van der Waals surface area (Å²) >= 11 is 6.14. The number of carbonyl (C=O) groups excluding carboxylic acids is 1. The molecular weight excluding hydrogens is 316 g/mol. The second kappa shape index (κ2) is 8.11. The van der Waals surface area contributed by atoms with Crippen LogP contribution < -0.4 is 5.32 Å². The molecule has 2 saturated heterocycles. The molecule has 0 radical (unpaired) electrons. The molecule has 0 bridgehead atoms. The zero-order chi connectivity index (χ0) is 16.1. The highest BCUT2D eigenvalue weighted by Gasteiger charge is 2.27. The monoisotopic (exact) mass is 338 g/mol. The number of nitrogens with zero attached hydrogens (tertiary/aromatic N) is 1. The smallest absolute Gasteiger partial charge is 0.249 e. The van der Waals surface area contributed by atoms with E-state index in [9.17, 15) is 4.79 Å². The Hall–Kier alpha value is -1.14. The van der Waals surface area contributed by atoms with Crippen molar-refractivity contribution in [3.63, 3.8) is 0 Å². The van der Waals surface area contributed by atoms with E-state index in [1.807, 2.05) is 18.2 Å². The zero-order valence-corrected chi connectivity index (χ0v) is 13.9. The molecule has 0 unspecified atom stereocenters. The van der Waals surface area contributed by atoms with Crippen molar-refractivity contribution in [3.8, 4) is 0 Å². The van der Waals surface area contributed by atoms with Crippen molar-refractivity contribution in [1.82, 2.24) is 10.2 Å². The highest BCUT2D eigenvalue weighted by Crippen LogP contribution is 2.24. The van der Waals surface area contributed by atoms with Gasteiger partial charge in [-0.15, -0.1) is 0 Å². The van der Waals surface area contributed by atoms with E-state index in [2.05, 4.69) is 16.3 Å². The molecule has 1 N–H and O–H groups in total. The average molecular weight is 339 g/mol. The Labute approximate surface area is 141 Å². The molecular formula is C17H23ClN2O3. The van der Waals surface area contributed by atoms with Crippen LogP contribution in [0.4, 0.5) is 0 Å². The number of nitrogens with one attached hydrogen (secondary N) is 1. The first-order valence-electron chi connectivity index (χ1n) is 8.20. The summed E-state index contributed by atoms with van der Waals surface area (Å²) in [6.07, 6.45) is 1.48. The lowest BCUT2D eigenvalue weighted by molar-refractivity contribution is -0.130. The van der Waals surface area contributed by atoms with Crippen LogP contribution in [-0.4, -0.2) is 56.4 Å². The van der Waals surface area contributed by atoms with Gasteiger partial charge in [0, 0.05) is 31.3 Å². The molecule has 6 heteroatoms. The predicted octanol–water partition coefficient (Wildman–Crippen LogP) is 2.01. The van der Waals surface area contributed by atoms with Gasteiger partial charge >= 0.3 is 0 Å². The van der Waals surface area contributed by atoms with Crippen LogP contribution >= 0.6 is 11.6 Å². The van der Waals surface area contributed by atoms with Gasteiger partial charge in [0.25, 0.3) is 0 Å². The fraction of sp³-hybridized carbons (Fsp3) is 0.588. The van der Waals surface area contributed by atoms with Gasteiger partial charge in [0.05, 0.1) is 19.3 Å². The molecule has 2 aliphatic rings. The Morgan fingerprint density at radius 2 is 2.17 bits per heavy atom. The quantitative estimate of drug-likeness (QED) is 0.892. The minimum Gasteiger partial charge on any atom is -0.379 e. The van der Waals surface area contributed by atoms with E-state index in [1.165, 1.54) is 0 Å². The molecule has 1 amide bonds. The highest BCUT2D eigenvalue weighted by atomic mass is 35.5. The second-order valence-electron chi connectivity index (χ2n) is 5.97. The summed E-state index contributed by atoms with van der Waals surface area (Å²) in [5, 5.41) is 3.76. The number of ether oxygens (including phenoxy) is 2. The molecule has 0 spiro atoms. The van der Waals surface area contributed by atoms with Crippen molar-refractivity contribution in [2.45, 2.75) is 25.0 Å². The minimum atomic E-state index is -0.292. The Morgan fingerprint density at radius 3 is 2.87 bits per heavy atom. The highest BCUT2D eigenvalue weighted by molar-refractivity contribution is 6.30.